The van der Waals surface area contributed by atoms with Crippen LogP contribution in [-0.4, -0.2) is 10.8 Å². The second kappa shape index (κ2) is 6.91. The van der Waals surface area contributed by atoms with E-state index in [1.54, 1.807) is 5.38 Å². The number of hydrogen-bond acceptors (Lipinski definition) is 6. The molecule has 7 heteroatoms. The fourth-order valence-electron chi connectivity index (χ4n) is 2.06. The minimum Gasteiger partial charge on any atom is -0.431 e. The van der Waals surface area contributed by atoms with Crippen LogP contribution in [0.15, 0.2) is 61.7 Å². The summed E-state index contributed by atoms with van der Waals surface area (Å²) in [6.45, 7) is 0. The van der Waals surface area contributed by atoms with Crippen LogP contribution in [0.5, 0.6) is 0 Å². The van der Waals surface area contributed by atoms with Gasteiger partial charge in [-0.2, -0.15) is 5.26 Å². The molecular weight excluding hydrogens is 392 g/mol. The van der Waals surface area contributed by atoms with Crippen LogP contribution in [0.4, 0.5) is 0 Å². The maximum Gasteiger partial charge on any atom is 0.335 e. The fourth-order valence-corrected chi connectivity index (χ4v) is 3.20. The van der Waals surface area contributed by atoms with Gasteiger partial charge in [-0.05, 0) is 18.2 Å². The van der Waals surface area contributed by atoms with Gasteiger partial charge in [-0.1, -0.05) is 28.1 Å². The number of Topliss-reactive ketones (excluding diaryl/α,β-unsaturated/α-hetero) is 1. The van der Waals surface area contributed by atoms with Gasteiger partial charge in [-0.15, -0.1) is 11.3 Å². The monoisotopic (exact) mass is 400 g/mol. The second-order valence-electron chi connectivity index (χ2n) is 4.85. The Morgan fingerprint density at radius 2 is 2.00 bits per heavy atom. The summed E-state index contributed by atoms with van der Waals surface area (Å²) < 4.78 is 5.64. The summed E-state index contributed by atoms with van der Waals surface area (Å²) in [5.41, 5.74) is 1.22. The molecule has 2 heterocycles. The lowest BCUT2D eigenvalue weighted by atomic mass is 10.0. The van der Waals surface area contributed by atoms with E-state index in [2.05, 4.69) is 25.3 Å². The lowest BCUT2D eigenvalue weighted by Gasteiger charge is -2.04. The van der Waals surface area contributed by atoms with Gasteiger partial charge in [0.05, 0.1) is 17.3 Å². The number of nitriles is 1. The molecule has 1 atom stereocenters. The number of ketones is 1. The van der Waals surface area contributed by atoms with E-state index in [0.717, 1.165) is 22.4 Å². The van der Waals surface area contributed by atoms with E-state index >= 15 is 0 Å². The Bertz CT molecular complexity index is 966. The van der Waals surface area contributed by atoms with Gasteiger partial charge in [-0.3, -0.25) is 4.79 Å². The molecule has 1 aromatic carbocycles. The van der Waals surface area contributed by atoms with Crippen molar-refractivity contribution in [2.45, 2.75) is 5.92 Å². The van der Waals surface area contributed by atoms with Crippen LogP contribution < -0.4 is 5.63 Å². The highest BCUT2D eigenvalue weighted by atomic mass is 79.9. The topological polar surface area (TPSA) is 84.0 Å². The molecule has 118 valence electrons. The highest BCUT2D eigenvalue weighted by molar-refractivity contribution is 9.10. The van der Waals surface area contributed by atoms with Crippen LogP contribution in [-0.2, 0) is 0 Å². The first-order valence-electron chi connectivity index (χ1n) is 6.82. The van der Waals surface area contributed by atoms with Gasteiger partial charge in [0.2, 0.25) is 0 Å². The Morgan fingerprint density at radius 1 is 1.25 bits per heavy atom. The number of carbonyl (C=O) groups is 1. The normalized spacial score (nSPS) is 11.7. The Morgan fingerprint density at radius 3 is 2.62 bits per heavy atom. The molecule has 0 aliphatic rings. The van der Waals surface area contributed by atoms with E-state index in [1.165, 1.54) is 17.4 Å². The van der Waals surface area contributed by atoms with Gasteiger partial charge in [0.25, 0.3) is 0 Å². The van der Waals surface area contributed by atoms with Gasteiger partial charge in [0.15, 0.2) is 11.7 Å². The van der Waals surface area contributed by atoms with E-state index in [0.29, 0.717) is 10.7 Å². The number of benzene rings is 1. The Labute approximate surface area is 149 Å². The molecule has 24 heavy (non-hydrogen) atoms. The lowest BCUT2D eigenvalue weighted by molar-refractivity contribution is 0.0976. The van der Waals surface area contributed by atoms with Crippen molar-refractivity contribution < 1.29 is 9.21 Å². The summed E-state index contributed by atoms with van der Waals surface area (Å²) in [6, 6.07) is 12.1. The Kier molecular flexibility index (Phi) is 4.69. The minimum absolute atomic E-state index is 0.168. The van der Waals surface area contributed by atoms with Crippen molar-refractivity contribution in [1.82, 2.24) is 4.98 Å². The zero-order valence-electron chi connectivity index (χ0n) is 12.1. The third-order valence-corrected chi connectivity index (χ3v) is 4.72. The average molecular weight is 401 g/mol. The molecule has 0 amide bonds. The van der Waals surface area contributed by atoms with E-state index < -0.39 is 17.3 Å². The van der Waals surface area contributed by atoms with Gasteiger partial charge in [-0.25, -0.2) is 9.78 Å². The van der Waals surface area contributed by atoms with Crippen LogP contribution in [0, 0.1) is 11.3 Å². The largest absolute Gasteiger partial charge is 0.431 e. The van der Waals surface area contributed by atoms with E-state index in [4.69, 9.17) is 0 Å². The molecule has 3 rings (SSSR count). The predicted octanol–water partition coefficient (Wildman–Crippen LogP) is 4.02. The second-order valence-corrected chi connectivity index (χ2v) is 6.65. The van der Waals surface area contributed by atoms with Gasteiger partial charge < -0.3 is 4.42 Å². The summed E-state index contributed by atoms with van der Waals surface area (Å²) >= 11 is 4.62. The van der Waals surface area contributed by atoms with Crippen molar-refractivity contribution in [1.29, 1.82) is 5.26 Å². The molecule has 0 N–H and O–H groups in total. The van der Waals surface area contributed by atoms with Crippen molar-refractivity contribution >= 4 is 33.0 Å². The van der Waals surface area contributed by atoms with E-state index in [-0.39, 0.29) is 5.56 Å². The first-order valence-corrected chi connectivity index (χ1v) is 8.50. The summed E-state index contributed by atoms with van der Waals surface area (Å²) in [4.78, 5) is 27.8. The minimum atomic E-state index is -1.04. The fraction of sp³-hybridized carbons (Fsp3) is 0.0588. The van der Waals surface area contributed by atoms with Crippen LogP contribution >= 0.6 is 27.3 Å². The number of aromatic nitrogens is 1. The molecule has 3 aromatic rings. The summed E-state index contributed by atoms with van der Waals surface area (Å²) in [5.74, 6) is -1.48. The standard InChI is InChI=1S/C17H9BrN2O3S/c18-12-4-1-10(2-5-12)14-9-24-17(20-14)13(7-19)16(22)11-3-6-15(21)23-8-11/h1-6,8-9,13H/t13-/m1/s1. The molecule has 0 aliphatic heterocycles. The third-order valence-electron chi connectivity index (χ3n) is 3.29. The van der Waals surface area contributed by atoms with Crippen LogP contribution in [0.2, 0.25) is 0 Å². The number of carbonyl (C=O) groups excluding carboxylic acids is 1. The van der Waals surface area contributed by atoms with Gasteiger partial charge in [0, 0.05) is 21.5 Å². The number of hydrogen-bond donors (Lipinski definition) is 0. The molecule has 0 saturated carbocycles. The third kappa shape index (κ3) is 3.35. The van der Waals surface area contributed by atoms with Gasteiger partial charge >= 0.3 is 5.63 Å². The van der Waals surface area contributed by atoms with E-state index in [9.17, 15) is 14.9 Å². The van der Waals surface area contributed by atoms with Crippen molar-refractivity contribution in [3.63, 3.8) is 0 Å². The quantitative estimate of drug-likeness (QED) is 0.617. The smallest absolute Gasteiger partial charge is 0.335 e. The number of nitrogens with zero attached hydrogens (tertiary/aromatic N) is 2. The molecule has 0 radical (unpaired) electrons. The van der Waals surface area contributed by atoms with Crippen LogP contribution in [0.25, 0.3) is 11.3 Å². The summed E-state index contributed by atoms with van der Waals surface area (Å²) in [5, 5.41) is 11.6. The SMILES string of the molecule is N#C[C@H](C(=O)c1ccc(=O)oc1)c1nc(-c2ccc(Br)cc2)cs1. The van der Waals surface area contributed by atoms with Crippen molar-refractivity contribution in [3.8, 4) is 17.3 Å². The molecule has 0 aliphatic carbocycles. The van der Waals surface area contributed by atoms with Crippen molar-refractivity contribution in [3.05, 3.63) is 73.5 Å². The van der Waals surface area contributed by atoms with E-state index in [1.807, 2.05) is 30.3 Å². The molecule has 2 aromatic heterocycles. The molecule has 0 saturated heterocycles. The maximum atomic E-state index is 12.5. The molecule has 0 unspecified atom stereocenters. The highest BCUT2D eigenvalue weighted by Crippen LogP contribution is 2.29. The van der Waals surface area contributed by atoms with Gasteiger partial charge in [0.1, 0.15) is 11.3 Å². The molecule has 0 fully saturated rings. The summed E-state index contributed by atoms with van der Waals surface area (Å²) in [7, 11) is 0. The van der Waals surface area contributed by atoms with Crippen LogP contribution in [0.3, 0.4) is 0 Å². The highest BCUT2D eigenvalue weighted by Gasteiger charge is 2.25. The average Bonchev–Trinajstić information content (AvgIpc) is 3.06. The lowest BCUT2D eigenvalue weighted by Crippen LogP contribution is -2.12. The Hall–Kier alpha value is -2.56. The van der Waals surface area contributed by atoms with Crippen molar-refractivity contribution in [2.75, 3.05) is 0 Å². The molecular formula is C17H9BrN2O3S. The number of halogens is 1. The first kappa shape index (κ1) is 16.3. The van der Waals surface area contributed by atoms with Crippen molar-refractivity contribution in [2.24, 2.45) is 0 Å². The summed E-state index contributed by atoms with van der Waals surface area (Å²) in [6.07, 6.45) is 1.07. The van der Waals surface area contributed by atoms with Crippen LogP contribution in [0.1, 0.15) is 21.3 Å². The zero-order chi connectivity index (χ0) is 17.1. The number of rotatable bonds is 4. The molecule has 5 nitrogen and oxygen atoms in total. The maximum absolute atomic E-state index is 12.5. The number of thiazole rings is 1. The first-order chi connectivity index (χ1) is 11.6. The predicted molar refractivity (Wildman–Crippen MR) is 92.9 cm³/mol. The zero-order valence-corrected chi connectivity index (χ0v) is 14.5. The Balaban J connectivity index is 1.90. The molecule has 0 spiro atoms. The molecule has 0 bridgehead atoms.